The van der Waals surface area contributed by atoms with Crippen molar-refractivity contribution in [2.45, 2.75) is 12.8 Å². The quantitative estimate of drug-likeness (QED) is 0.437. The lowest BCUT2D eigenvalue weighted by atomic mass is 10.4. The van der Waals surface area contributed by atoms with Gasteiger partial charge in [0.05, 0.1) is 0 Å². The van der Waals surface area contributed by atoms with Crippen molar-refractivity contribution < 1.29 is 0 Å². The van der Waals surface area contributed by atoms with Crippen LogP contribution in [0.2, 0.25) is 0 Å². The van der Waals surface area contributed by atoms with Gasteiger partial charge in [-0.3, -0.25) is 0 Å². The van der Waals surface area contributed by atoms with Gasteiger partial charge in [0.15, 0.2) is 6.07 Å². The molecule has 1 aliphatic heterocycles. The van der Waals surface area contributed by atoms with Crippen LogP contribution in [0.3, 0.4) is 0 Å². The molecular formula is C7H8N2. The fourth-order valence-electron chi connectivity index (χ4n) is 0.933. The Hall–Kier alpha value is -1.15. The fraction of sp³-hybridized carbons (Fsp3) is 0.571. The molecule has 1 rings (SSSR count). The van der Waals surface area contributed by atoms with Gasteiger partial charge in [0.2, 0.25) is 0 Å². The van der Waals surface area contributed by atoms with E-state index in [0.717, 1.165) is 13.1 Å². The van der Waals surface area contributed by atoms with E-state index in [1.54, 1.807) is 6.07 Å². The Kier molecular flexibility index (Phi) is 1.99. The summed E-state index contributed by atoms with van der Waals surface area (Å²) in [6, 6.07) is 4.55. The van der Waals surface area contributed by atoms with Crippen LogP contribution in [-0.4, -0.2) is 18.0 Å². The maximum Gasteiger partial charge on any atom is 0.154 e. The summed E-state index contributed by atoms with van der Waals surface area (Å²) in [5.74, 6) is 2.37. The van der Waals surface area contributed by atoms with Gasteiger partial charge in [-0.2, -0.15) is 5.26 Å². The van der Waals surface area contributed by atoms with Crippen molar-refractivity contribution in [3.05, 3.63) is 0 Å². The standard InChI is InChI=1S/C7H8N2/c8-4-3-7-9-5-1-2-6-9/h1-2,5-6H2. The number of likely N-dealkylation sites (tertiary alicyclic amines) is 1. The monoisotopic (exact) mass is 120 g/mol. The maximum atomic E-state index is 8.08. The third-order valence-corrected chi connectivity index (χ3v) is 1.38. The van der Waals surface area contributed by atoms with Crippen molar-refractivity contribution in [3.63, 3.8) is 0 Å². The molecule has 1 saturated heterocycles. The second-order valence-electron chi connectivity index (χ2n) is 2.04. The van der Waals surface area contributed by atoms with Crippen LogP contribution in [0.25, 0.3) is 0 Å². The van der Waals surface area contributed by atoms with Gasteiger partial charge in [0.1, 0.15) is 0 Å². The van der Waals surface area contributed by atoms with E-state index in [1.807, 2.05) is 4.90 Å². The lowest BCUT2D eigenvalue weighted by molar-refractivity contribution is 0.496. The summed E-state index contributed by atoms with van der Waals surface area (Å²) >= 11 is 0. The zero-order valence-corrected chi connectivity index (χ0v) is 5.22. The number of nitrogens with zero attached hydrogens (tertiary/aromatic N) is 2. The van der Waals surface area contributed by atoms with E-state index in [-0.39, 0.29) is 0 Å². The van der Waals surface area contributed by atoms with Gasteiger partial charge in [-0.25, -0.2) is 0 Å². The number of hydrogen-bond donors (Lipinski definition) is 0. The number of nitriles is 1. The van der Waals surface area contributed by atoms with E-state index in [0.29, 0.717) is 0 Å². The zero-order valence-electron chi connectivity index (χ0n) is 5.22. The summed E-state index contributed by atoms with van der Waals surface area (Å²) in [5.41, 5.74) is 0. The molecule has 0 saturated carbocycles. The minimum absolute atomic E-state index is 1.04. The Morgan fingerprint density at radius 2 is 1.89 bits per heavy atom. The SMILES string of the molecule is N#CC#CN1CCCC1. The molecule has 0 unspecified atom stereocenters. The highest BCUT2D eigenvalue weighted by atomic mass is 15.1. The van der Waals surface area contributed by atoms with Crippen LogP contribution in [0.4, 0.5) is 0 Å². The summed E-state index contributed by atoms with van der Waals surface area (Å²) in [6.07, 6.45) is 2.44. The smallest absolute Gasteiger partial charge is 0.154 e. The lowest BCUT2D eigenvalue weighted by Crippen LogP contribution is -2.10. The Bertz CT molecular complexity index is 173. The molecule has 9 heavy (non-hydrogen) atoms. The molecule has 1 aliphatic rings. The van der Waals surface area contributed by atoms with Crippen LogP contribution in [0.15, 0.2) is 0 Å². The van der Waals surface area contributed by atoms with E-state index in [9.17, 15) is 0 Å². The van der Waals surface area contributed by atoms with Gasteiger partial charge in [-0.05, 0) is 12.8 Å². The topological polar surface area (TPSA) is 27.0 Å². The van der Waals surface area contributed by atoms with Crippen molar-refractivity contribution in [1.82, 2.24) is 4.90 Å². The molecule has 1 fully saturated rings. The molecule has 2 heteroatoms. The molecule has 0 aromatic carbocycles. The molecule has 0 amide bonds. The number of rotatable bonds is 0. The highest BCUT2D eigenvalue weighted by molar-refractivity contribution is 5.16. The molecule has 0 aromatic rings. The van der Waals surface area contributed by atoms with Crippen LogP contribution in [-0.2, 0) is 0 Å². The fourth-order valence-corrected chi connectivity index (χ4v) is 0.933. The van der Waals surface area contributed by atoms with Gasteiger partial charge >= 0.3 is 0 Å². The Morgan fingerprint density at radius 3 is 2.44 bits per heavy atom. The van der Waals surface area contributed by atoms with Gasteiger partial charge in [-0.15, -0.1) is 0 Å². The molecule has 1 heterocycles. The zero-order chi connectivity index (χ0) is 6.53. The van der Waals surface area contributed by atoms with Crippen LogP contribution >= 0.6 is 0 Å². The molecule has 0 spiro atoms. The van der Waals surface area contributed by atoms with Gasteiger partial charge in [0.25, 0.3) is 0 Å². The van der Waals surface area contributed by atoms with Crippen molar-refractivity contribution in [3.8, 4) is 18.0 Å². The molecule has 2 nitrogen and oxygen atoms in total. The average Bonchev–Trinajstić information content (AvgIpc) is 2.34. The van der Waals surface area contributed by atoms with E-state index < -0.39 is 0 Å². The molecule has 0 aromatic heterocycles. The first-order valence-electron chi connectivity index (χ1n) is 3.08. The highest BCUT2D eigenvalue weighted by Crippen LogP contribution is 2.04. The molecular weight excluding hydrogens is 112 g/mol. The molecule has 0 bridgehead atoms. The largest absolute Gasteiger partial charge is 0.332 e. The predicted octanol–water partition coefficient (Wildman–Crippen LogP) is 0.567. The van der Waals surface area contributed by atoms with Gasteiger partial charge in [0, 0.05) is 25.1 Å². The third kappa shape index (κ3) is 1.66. The minimum atomic E-state index is 1.04. The van der Waals surface area contributed by atoms with Crippen LogP contribution < -0.4 is 0 Å². The second kappa shape index (κ2) is 2.99. The first kappa shape index (κ1) is 5.98. The first-order chi connectivity index (χ1) is 4.43. The Labute approximate surface area is 55.1 Å². The Balaban J connectivity index is 2.36. The highest BCUT2D eigenvalue weighted by Gasteiger charge is 2.05. The van der Waals surface area contributed by atoms with E-state index >= 15 is 0 Å². The molecule has 0 atom stereocenters. The lowest BCUT2D eigenvalue weighted by Gasteiger charge is -2.03. The second-order valence-corrected chi connectivity index (χ2v) is 2.04. The summed E-state index contributed by atoms with van der Waals surface area (Å²) < 4.78 is 0. The summed E-state index contributed by atoms with van der Waals surface area (Å²) in [4.78, 5) is 1.99. The van der Waals surface area contributed by atoms with Gasteiger partial charge < -0.3 is 4.90 Å². The van der Waals surface area contributed by atoms with Crippen molar-refractivity contribution in [1.29, 1.82) is 5.26 Å². The van der Waals surface area contributed by atoms with Crippen LogP contribution in [0, 0.1) is 23.3 Å². The van der Waals surface area contributed by atoms with Crippen molar-refractivity contribution in [2.75, 3.05) is 13.1 Å². The first-order valence-corrected chi connectivity index (χ1v) is 3.08. The van der Waals surface area contributed by atoms with Crippen LogP contribution in [0.1, 0.15) is 12.8 Å². The van der Waals surface area contributed by atoms with Crippen molar-refractivity contribution in [2.24, 2.45) is 0 Å². The number of hydrogen-bond acceptors (Lipinski definition) is 2. The Morgan fingerprint density at radius 1 is 1.22 bits per heavy atom. The van der Waals surface area contributed by atoms with Gasteiger partial charge in [-0.1, -0.05) is 0 Å². The average molecular weight is 120 g/mol. The minimum Gasteiger partial charge on any atom is -0.332 e. The maximum absolute atomic E-state index is 8.08. The third-order valence-electron chi connectivity index (χ3n) is 1.38. The summed E-state index contributed by atoms with van der Waals surface area (Å²) in [7, 11) is 0. The van der Waals surface area contributed by atoms with E-state index in [1.165, 1.54) is 12.8 Å². The summed E-state index contributed by atoms with van der Waals surface area (Å²) in [5, 5.41) is 8.08. The molecule has 0 aliphatic carbocycles. The molecule has 46 valence electrons. The van der Waals surface area contributed by atoms with Crippen LogP contribution in [0.5, 0.6) is 0 Å². The normalized spacial score (nSPS) is 16.1. The van der Waals surface area contributed by atoms with E-state index in [2.05, 4.69) is 12.0 Å². The molecule has 0 N–H and O–H groups in total. The van der Waals surface area contributed by atoms with E-state index in [4.69, 9.17) is 5.26 Å². The predicted molar refractivity (Wildman–Crippen MR) is 34.2 cm³/mol. The molecule has 0 radical (unpaired) electrons. The summed E-state index contributed by atoms with van der Waals surface area (Å²) in [6.45, 7) is 2.07. The van der Waals surface area contributed by atoms with Crippen molar-refractivity contribution >= 4 is 0 Å².